The van der Waals surface area contributed by atoms with Crippen LogP contribution in [0.4, 0.5) is 5.69 Å². The summed E-state index contributed by atoms with van der Waals surface area (Å²) < 4.78 is 62.3. The topological polar surface area (TPSA) is 122 Å². The van der Waals surface area contributed by atoms with Crippen molar-refractivity contribution in [2.75, 3.05) is 50.0 Å². The van der Waals surface area contributed by atoms with E-state index in [1.54, 1.807) is 43.3 Å². The zero-order valence-corrected chi connectivity index (χ0v) is 20.8. The number of hydrogen-bond acceptors (Lipinski definition) is 7. The number of ether oxygens (including phenoxy) is 2. The molecule has 0 unspecified atom stereocenters. The first-order valence-electron chi connectivity index (χ1n) is 10.8. The minimum Gasteiger partial charge on any atom is -0.484 e. The molecule has 12 heteroatoms. The van der Waals surface area contributed by atoms with Crippen LogP contribution in [0.3, 0.4) is 0 Å². The number of hydrogen-bond donors (Lipinski definition) is 1. The molecule has 0 radical (unpaired) electrons. The summed E-state index contributed by atoms with van der Waals surface area (Å²) >= 11 is 0. The number of nitrogens with one attached hydrogen (secondary N) is 1. The fourth-order valence-electron chi connectivity index (χ4n) is 3.43. The van der Waals surface area contributed by atoms with Crippen LogP contribution in [0, 0.1) is 0 Å². The Morgan fingerprint density at radius 3 is 2.21 bits per heavy atom. The Balaban J connectivity index is 1.49. The number of morpholine rings is 1. The van der Waals surface area contributed by atoms with Crippen molar-refractivity contribution in [3.05, 3.63) is 54.1 Å². The predicted molar refractivity (Wildman–Crippen MR) is 128 cm³/mol. The molecule has 1 amide bonds. The standard InChI is InChI=1S/C22H29N3O7S2/c1-3-25(33(2,27)28)19-6-8-20(9-7-19)32-17-22(26)23-16-18-4-10-21(11-5-18)34(29,30)24-12-14-31-15-13-24/h4-11H,3,12-17H2,1-2H3,(H,23,26). The molecule has 10 nitrogen and oxygen atoms in total. The number of nitrogens with zero attached hydrogens (tertiary/aromatic N) is 2. The summed E-state index contributed by atoms with van der Waals surface area (Å²) in [5.41, 5.74) is 1.26. The number of carbonyl (C=O) groups excluding carboxylic acids is 1. The van der Waals surface area contributed by atoms with E-state index in [1.165, 1.54) is 20.7 Å². The van der Waals surface area contributed by atoms with E-state index < -0.39 is 20.0 Å². The van der Waals surface area contributed by atoms with Gasteiger partial charge < -0.3 is 14.8 Å². The third kappa shape index (κ3) is 6.69. The van der Waals surface area contributed by atoms with Gasteiger partial charge in [0.25, 0.3) is 5.91 Å². The minimum atomic E-state index is -3.56. The van der Waals surface area contributed by atoms with E-state index in [4.69, 9.17) is 9.47 Å². The van der Waals surface area contributed by atoms with Crippen LogP contribution in [-0.4, -0.2) is 72.8 Å². The van der Waals surface area contributed by atoms with Gasteiger partial charge in [-0.25, -0.2) is 16.8 Å². The molecule has 0 saturated carbocycles. The summed E-state index contributed by atoms with van der Waals surface area (Å²) in [5, 5.41) is 2.72. The van der Waals surface area contributed by atoms with Crippen molar-refractivity contribution >= 4 is 31.6 Å². The smallest absolute Gasteiger partial charge is 0.258 e. The molecule has 2 aromatic carbocycles. The van der Waals surface area contributed by atoms with E-state index in [0.717, 1.165) is 11.8 Å². The predicted octanol–water partition coefficient (Wildman–Crippen LogP) is 1.19. The SMILES string of the molecule is CCN(c1ccc(OCC(=O)NCc2ccc(S(=O)(=O)N3CCOCC3)cc2)cc1)S(C)(=O)=O. The summed E-state index contributed by atoms with van der Waals surface area (Å²) in [6.45, 7) is 3.48. The Kier molecular flexibility index (Phi) is 8.52. The fraction of sp³-hybridized carbons (Fsp3) is 0.409. The van der Waals surface area contributed by atoms with Crippen molar-refractivity contribution in [3.63, 3.8) is 0 Å². The second-order valence-corrected chi connectivity index (χ2v) is 11.5. The lowest BCUT2D eigenvalue weighted by molar-refractivity contribution is -0.123. The lowest BCUT2D eigenvalue weighted by atomic mass is 10.2. The summed E-state index contributed by atoms with van der Waals surface area (Å²) in [4.78, 5) is 12.3. The molecule has 0 spiro atoms. The average molecular weight is 512 g/mol. The maximum absolute atomic E-state index is 12.7. The van der Waals surface area contributed by atoms with Gasteiger partial charge in [0, 0.05) is 26.2 Å². The highest BCUT2D eigenvalue weighted by molar-refractivity contribution is 7.92. The Bertz CT molecular complexity index is 1180. The first-order valence-corrected chi connectivity index (χ1v) is 14.0. The van der Waals surface area contributed by atoms with E-state index in [1.807, 2.05) is 0 Å². The molecule has 34 heavy (non-hydrogen) atoms. The highest BCUT2D eigenvalue weighted by atomic mass is 32.2. The van der Waals surface area contributed by atoms with E-state index in [2.05, 4.69) is 5.32 Å². The Hall–Kier alpha value is -2.67. The van der Waals surface area contributed by atoms with Crippen molar-refractivity contribution in [1.29, 1.82) is 0 Å². The molecule has 0 atom stereocenters. The number of rotatable bonds is 10. The van der Waals surface area contributed by atoms with Gasteiger partial charge in [0.2, 0.25) is 20.0 Å². The van der Waals surface area contributed by atoms with Crippen LogP contribution in [0.25, 0.3) is 0 Å². The fourth-order valence-corrected chi connectivity index (χ4v) is 5.81. The largest absolute Gasteiger partial charge is 0.484 e. The quantitative estimate of drug-likeness (QED) is 0.508. The van der Waals surface area contributed by atoms with Crippen LogP contribution >= 0.6 is 0 Å². The third-order valence-electron chi connectivity index (χ3n) is 5.20. The molecule has 1 aliphatic rings. The maximum atomic E-state index is 12.7. The molecule has 3 rings (SSSR count). The monoisotopic (exact) mass is 511 g/mol. The molecule has 1 saturated heterocycles. The van der Waals surface area contributed by atoms with Gasteiger partial charge in [0.05, 0.1) is 30.1 Å². The van der Waals surface area contributed by atoms with Crippen LogP contribution in [-0.2, 0) is 36.1 Å². The Morgan fingerprint density at radius 1 is 1.03 bits per heavy atom. The third-order valence-corrected chi connectivity index (χ3v) is 8.39. The van der Waals surface area contributed by atoms with Gasteiger partial charge in [0.15, 0.2) is 6.61 Å². The Morgan fingerprint density at radius 2 is 1.65 bits per heavy atom. The van der Waals surface area contributed by atoms with Crippen molar-refractivity contribution in [3.8, 4) is 5.75 Å². The number of amides is 1. The summed E-state index contributed by atoms with van der Waals surface area (Å²) in [6.07, 6.45) is 1.14. The van der Waals surface area contributed by atoms with Crippen LogP contribution in [0.5, 0.6) is 5.75 Å². The number of anilines is 1. The van der Waals surface area contributed by atoms with Gasteiger partial charge in [-0.2, -0.15) is 4.31 Å². The average Bonchev–Trinajstić information content (AvgIpc) is 2.82. The molecule has 1 fully saturated rings. The second kappa shape index (κ2) is 11.2. The molecule has 0 aromatic heterocycles. The van der Waals surface area contributed by atoms with E-state index in [9.17, 15) is 21.6 Å². The van der Waals surface area contributed by atoms with Crippen LogP contribution in [0.1, 0.15) is 12.5 Å². The zero-order valence-electron chi connectivity index (χ0n) is 19.1. The van der Waals surface area contributed by atoms with Crippen LogP contribution in [0.2, 0.25) is 0 Å². The molecule has 1 N–H and O–H groups in total. The van der Waals surface area contributed by atoms with E-state index in [-0.39, 0.29) is 24.0 Å². The van der Waals surface area contributed by atoms with Gasteiger partial charge in [-0.15, -0.1) is 0 Å². The summed E-state index contributed by atoms with van der Waals surface area (Å²) in [5.74, 6) is 0.0848. The number of sulfonamides is 2. The molecule has 0 bridgehead atoms. The molecule has 186 valence electrons. The van der Waals surface area contributed by atoms with Gasteiger partial charge >= 0.3 is 0 Å². The number of carbonyl (C=O) groups is 1. The van der Waals surface area contributed by atoms with Crippen LogP contribution < -0.4 is 14.4 Å². The summed E-state index contributed by atoms with van der Waals surface area (Å²) in [6, 6.07) is 12.8. The second-order valence-electron chi connectivity index (χ2n) is 7.65. The number of benzene rings is 2. The van der Waals surface area contributed by atoms with Crippen molar-refractivity contribution in [1.82, 2.24) is 9.62 Å². The van der Waals surface area contributed by atoms with Gasteiger partial charge in [0.1, 0.15) is 5.75 Å². The van der Waals surface area contributed by atoms with Gasteiger partial charge in [-0.05, 0) is 48.9 Å². The van der Waals surface area contributed by atoms with E-state index >= 15 is 0 Å². The normalized spacial score (nSPS) is 15.0. The Labute approximate surface area is 200 Å². The molecule has 0 aliphatic carbocycles. The zero-order chi connectivity index (χ0) is 24.8. The molecule has 1 aliphatic heterocycles. The first kappa shape index (κ1) is 25.9. The van der Waals surface area contributed by atoms with Crippen molar-refractivity contribution in [2.24, 2.45) is 0 Å². The molecule has 1 heterocycles. The van der Waals surface area contributed by atoms with Gasteiger partial charge in [-0.3, -0.25) is 9.10 Å². The molecular formula is C22H29N3O7S2. The van der Waals surface area contributed by atoms with Crippen molar-refractivity contribution < 1.29 is 31.1 Å². The highest BCUT2D eigenvalue weighted by Crippen LogP contribution is 2.21. The van der Waals surface area contributed by atoms with Gasteiger partial charge in [-0.1, -0.05) is 12.1 Å². The molecular weight excluding hydrogens is 482 g/mol. The van der Waals surface area contributed by atoms with Crippen LogP contribution in [0.15, 0.2) is 53.4 Å². The maximum Gasteiger partial charge on any atom is 0.258 e. The summed E-state index contributed by atoms with van der Waals surface area (Å²) in [7, 11) is -6.93. The van der Waals surface area contributed by atoms with Crippen molar-refractivity contribution in [2.45, 2.75) is 18.4 Å². The van der Waals surface area contributed by atoms with E-state index in [0.29, 0.717) is 44.3 Å². The lowest BCUT2D eigenvalue weighted by Gasteiger charge is -2.26. The lowest BCUT2D eigenvalue weighted by Crippen LogP contribution is -2.40. The minimum absolute atomic E-state index is 0.203. The highest BCUT2D eigenvalue weighted by Gasteiger charge is 2.26. The first-order chi connectivity index (χ1) is 16.1. The molecule has 2 aromatic rings.